The quantitative estimate of drug-likeness (QED) is 0.584. The summed E-state index contributed by atoms with van der Waals surface area (Å²) in [5.41, 5.74) is 0.466. The predicted octanol–water partition coefficient (Wildman–Crippen LogP) is 1.23. The van der Waals surface area contributed by atoms with Gasteiger partial charge in [0, 0.05) is 31.8 Å². The summed E-state index contributed by atoms with van der Waals surface area (Å²) in [4.78, 5) is 23.1. The van der Waals surface area contributed by atoms with Crippen LogP contribution in [0.15, 0.2) is 18.2 Å². The van der Waals surface area contributed by atoms with Crippen molar-refractivity contribution in [1.29, 1.82) is 0 Å². The fourth-order valence-electron chi connectivity index (χ4n) is 1.34. The van der Waals surface area contributed by atoms with Crippen molar-refractivity contribution in [2.45, 2.75) is 6.42 Å². The first kappa shape index (κ1) is 13.0. The average Bonchev–Trinajstić information content (AvgIpc) is 2.28. The van der Waals surface area contributed by atoms with Crippen molar-refractivity contribution in [2.75, 3.05) is 21.2 Å². The van der Waals surface area contributed by atoms with Crippen LogP contribution in [-0.4, -0.2) is 36.9 Å². The number of amides is 1. The van der Waals surface area contributed by atoms with Gasteiger partial charge in [0.25, 0.3) is 5.69 Å². The van der Waals surface area contributed by atoms with E-state index in [2.05, 4.69) is 0 Å². The highest BCUT2D eigenvalue weighted by atomic mass is 16.6. The molecule has 0 N–H and O–H groups in total. The molecule has 1 amide bonds. The lowest BCUT2D eigenvalue weighted by atomic mass is 10.1. The smallest absolute Gasteiger partial charge is 0.269 e. The minimum atomic E-state index is -0.497. The maximum atomic E-state index is 11.6. The normalized spacial score (nSPS) is 9.82. The number of carbonyl (C=O) groups excluding carboxylic acids is 1. The lowest BCUT2D eigenvalue weighted by molar-refractivity contribution is -0.384. The molecule has 6 heteroatoms. The zero-order valence-electron chi connectivity index (χ0n) is 9.97. The Bertz CT molecular complexity index is 443. The summed E-state index contributed by atoms with van der Waals surface area (Å²) in [6.45, 7) is 0. The second-order valence-corrected chi connectivity index (χ2v) is 3.72. The van der Waals surface area contributed by atoms with E-state index in [1.54, 1.807) is 14.1 Å². The van der Waals surface area contributed by atoms with E-state index in [1.165, 1.54) is 30.2 Å². The minimum Gasteiger partial charge on any atom is -0.496 e. The van der Waals surface area contributed by atoms with Gasteiger partial charge >= 0.3 is 0 Å². The Labute approximate surface area is 98.9 Å². The van der Waals surface area contributed by atoms with E-state index in [4.69, 9.17) is 4.74 Å². The van der Waals surface area contributed by atoms with E-state index in [0.717, 1.165) is 0 Å². The number of nitrogens with zero attached hydrogens (tertiary/aromatic N) is 2. The molecule has 0 aromatic heterocycles. The Hall–Kier alpha value is -2.11. The largest absolute Gasteiger partial charge is 0.496 e. The molecule has 17 heavy (non-hydrogen) atoms. The third-order valence-electron chi connectivity index (χ3n) is 2.32. The number of non-ortho nitro benzene ring substituents is 1. The SMILES string of the molecule is COc1ccc([N+](=O)[O-])cc1CC(=O)N(C)C. The van der Waals surface area contributed by atoms with Gasteiger partial charge in [0.05, 0.1) is 18.5 Å². The first-order valence-electron chi connectivity index (χ1n) is 4.97. The molecule has 1 aromatic carbocycles. The molecule has 0 aliphatic heterocycles. The van der Waals surface area contributed by atoms with Crippen molar-refractivity contribution in [2.24, 2.45) is 0 Å². The molecule has 1 rings (SSSR count). The fraction of sp³-hybridized carbons (Fsp3) is 0.364. The van der Waals surface area contributed by atoms with Crippen molar-refractivity contribution in [1.82, 2.24) is 4.90 Å². The lowest BCUT2D eigenvalue weighted by Crippen LogP contribution is -2.23. The Balaban J connectivity index is 3.06. The second kappa shape index (κ2) is 5.29. The monoisotopic (exact) mass is 238 g/mol. The number of ether oxygens (including phenoxy) is 1. The van der Waals surface area contributed by atoms with Crippen LogP contribution >= 0.6 is 0 Å². The Morgan fingerprint density at radius 3 is 2.59 bits per heavy atom. The molecule has 0 radical (unpaired) electrons. The first-order chi connectivity index (χ1) is 7.95. The summed E-state index contributed by atoms with van der Waals surface area (Å²) in [6, 6.07) is 4.21. The zero-order valence-corrected chi connectivity index (χ0v) is 9.97. The first-order valence-corrected chi connectivity index (χ1v) is 4.97. The van der Waals surface area contributed by atoms with Gasteiger partial charge in [-0.1, -0.05) is 0 Å². The van der Waals surface area contributed by atoms with Crippen molar-refractivity contribution in [3.05, 3.63) is 33.9 Å². The Morgan fingerprint density at radius 2 is 2.12 bits per heavy atom. The molecule has 6 nitrogen and oxygen atoms in total. The van der Waals surface area contributed by atoms with Gasteiger partial charge in [0.15, 0.2) is 0 Å². The fourth-order valence-corrected chi connectivity index (χ4v) is 1.34. The maximum absolute atomic E-state index is 11.6. The number of nitro benzene ring substituents is 1. The third-order valence-corrected chi connectivity index (χ3v) is 2.32. The lowest BCUT2D eigenvalue weighted by Gasteiger charge is -2.12. The molecule has 0 saturated carbocycles. The average molecular weight is 238 g/mol. The number of methoxy groups -OCH3 is 1. The molecule has 0 bridgehead atoms. The van der Waals surface area contributed by atoms with Gasteiger partial charge < -0.3 is 9.64 Å². The highest BCUT2D eigenvalue weighted by Gasteiger charge is 2.15. The molecule has 0 fully saturated rings. The van der Waals surface area contributed by atoms with Crippen LogP contribution in [0.3, 0.4) is 0 Å². The van der Waals surface area contributed by atoms with Crippen LogP contribution in [0, 0.1) is 10.1 Å². The summed E-state index contributed by atoms with van der Waals surface area (Å²) in [5, 5.41) is 10.6. The van der Waals surface area contributed by atoms with E-state index in [-0.39, 0.29) is 18.0 Å². The number of carbonyl (C=O) groups is 1. The van der Waals surface area contributed by atoms with E-state index in [9.17, 15) is 14.9 Å². The van der Waals surface area contributed by atoms with Crippen LogP contribution in [0.25, 0.3) is 0 Å². The molecular weight excluding hydrogens is 224 g/mol. The standard InChI is InChI=1S/C11H14N2O4/c1-12(2)11(14)7-8-6-9(13(15)16)4-5-10(8)17-3/h4-6H,7H2,1-3H3. The van der Waals surface area contributed by atoms with E-state index in [0.29, 0.717) is 11.3 Å². The van der Waals surface area contributed by atoms with Crippen LogP contribution < -0.4 is 4.74 Å². The van der Waals surface area contributed by atoms with Crippen molar-refractivity contribution in [3.8, 4) is 5.75 Å². The van der Waals surface area contributed by atoms with Crippen molar-refractivity contribution >= 4 is 11.6 Å². The van der Waals surface area contributed by atoms with Gasteiger partial charge in [0.1, 0.15) is 5.75 Å². The Morgan fingerprint density at radius 1 is 1.47 bits per heavy atom. The second-order valence-electron chi connectivity index (χ2n) is 3.72. The van der Waals surface area contributed by atoms with Crippen molar-refractivity contribution in [3.63, 3.8) is 0 Å². The predicted molar refractivity (Wildman–Crippen MR) is 62.0 cm³/mol. The summed E-state index contributed by atoms with van der Waals surface area (Å²) in [5.74, 6) is 0.342. The van der Waals surface area contributed by atoms with Crippen LogP contribution in [-0.2, 0) is 11.2 Å². The summed E-state index contributed by atoms with van der Waals surface area (Å²) >= 11 is 0. The van der Waals surface area contributed by atoms with Gasteiger partial charge in [-0.15, -0.1) is 0 Å². The molecular formula is C11H14N2O4. The molecule has 1 aromatic rings. The Kier molecular flexibility index (Phi) is 4.03. The van der Waals surface area contributed by atoms with Crippen LogP contribution in [0.2, 0.25) is 0 Å². The van der Waals surface area contributed by atoms with Crippen molar-refractivity contribution < 1.29 is 14.5 Å². The van der Waals surface area contributed by atoms with Gasteiger partial charge in [-0.05, 0) is 6.07 Å². The molecule has 0 atom stereocenters. The van der Waals surface area contributed by atoms with Crippen LogP contribution in [0.5, 0.6) is 5.75 Å². The summed E-state index contributed by atoms with van der Waals surface area (Å²) in [7, 11) is 4.73. The minimum absolute atomic E-state index is 0.0487. The van der Waals surface area contributed by atoms with E-state index < -0.39 is 4.92 Å². The van der Waals surface area contributed by atoms with Gasteiger partial charge in [-0.2, -0.15) is 0 Å². The number of likely N-dealkylation sites (N-methyl/N-ethyl adjacent to an activating group) is 1. The number of rotatable bonds is 4. The van der Waals surface area contributed by atoms with Gasteiger partial charge in [0.2, 0.25) is 5.91 Å². The molecule has 0 saturated heterocycles. The summed E-state index contributed by atoms with van der Waals surface area (Å²) in [6.07, 6.45) is 0.0812. The van der Waals surface area contributed by atoms with E-state index in [1.807, 2.05) is 0 Å². The van der Waals surface area contributed by atoms with E-state index >= 15 is 0 Å². The summed E-state index contributed by atoms with van der Waals surface area (Å²) < 4.78 is 5.07. The van der Waals surface area contributed by atoms with Gasteiger partial charge in [-0.3, -0.25) is 14.9 Å². The number of benzene rings is 1. The molecule has 0 unspecified atom stereocenters. The molecule has 0 aliphatic carbocycles. The van der Waals surface area contributed by atoms with Crippen LogP contribution in [0.4, 0.5) is 5.69 Å². The highest BCUT2D eigenvalue weighted by molar-refractivity contribution is 5.79. The topological polar surface area (TPSA) is 72.7 Å². The van der Waals surface area contributed by atoms with Crippen LogP contribution in [0.1, 0.15) is 5.56 Å². The zero-order chi connectivity index (χ0) is 13.0. The number of hydrogen-bond acceptors (Lipinski definition) is 4. The number of nitro groups is 1. The molecule has 0 heterocycles. The van der Waals surface area contributed by atoms with Gasteiger partial charge in [-0.25, -0.2) is 0 Å². The molecule has 92 valence electrons. The molecule has 0 aliphatic rings. The highest BCUT2D eigenvalue weighted by Crippen LogP contribution is 2.24. The molecule has 0 spiro atoms. The third kappa shape index (κ3) is 3.17. The number of hydrogen-bond donors (Lipinski definition) is 0. The maximum Gasteiger partial charge on any atom is 0.269 e.